The minimum atomic E-state index is -4.54. The Morgan fingerprint density at radius 2 is 2.19 bits per heavy atom. The summed E-state index contributed by atoms with van der Waals surface area (Å²) < 4.78 is 44.4. The van der Waals surface area contributed by atoms with Gasteiger partial charge in [0.05, 0.1) is 27.6 Å². The molecule has 0 fully saturated rings. The minimum absolute atomic E-state index is 0.0727. The van der Waals surface area contributed by atoms with Crippen molar-refractivity contribution >= 4 is 44.8 Å². The van der Waals surface area contributed by atoms with Crippen molar-refractivity contribution in [3.05, 3.63) is 41.1 Å². The van der Waals surface area contributed by atoms with E-state index in [2.05, 4.69) is 10.4 Å². The molecule has 26 heavy (non-hydrogen) atoms. The Morgan fingerprint density at radius 3 is 2.77 bits per heavy atom. The number of amides is 1. The third-order valence-electron chi connectivity index (χ3n) is 3.43. The molecular weight excluding hydrogens is 389 g/mol. The second-order valence-corrected chi connectivity index (χ2v) is 6.66. The molecule has 3 N–H and O–H groups in total. The number of carbonyl (C=O) groups excluding carboxylic acids is 1. The monoisotopic (exact) mass is 400 g/mol. The lowest BCUT2D eigenvalue weighted by Gasteiger charge is -2.17. The van der Waals surface area contributed by atoms with Crippen LogP contribution in [0, 0.1) is 0 Å². The van der Waals surface area contributed by atoms with Gasteiger partial charge in [-0.3, -0.25) is 20.2 Å². The van der Waals surface area contributed by atoms with E-state index in [0.717, 1.165) is 28.6 Å². The molecule has 0 bridgehead atoms. The number of nitrogens with one attached hydrogen (secondary N) is 1. The minimum Gasteiger partial charge on any atom is -0.464 e. The summed E-state index contributed by atoms with van der Waals surface area (Å²) >= 11 is 5.63. The van der Waals surface area contributed by atoms with Crippen molar-refractivity contribution in [1.82, 2.24) is 15.4 Å². The van der Waals surface area contributed by atoms with E-state index < -0.39 is 17.6 Å². The number of rotatable bonds is 2. The Balaban J connectivity index is 2.16. The fourth-order valence-electron chi connectivity index (χ4n) is 2.20. The Hall–Kier alpha value is -2.66. The number of halogens is 3. The summed E-state index contributed by atoms with van der Waals surface area (Å²) in [6.07, 6.45) is -2.42. The molecule has 0 aliphatic carbocycles. The first-order valence-electron chi connectivity index (χ1n) is 7.06. The first-order valence-corrected chi connectivity index (χ1v) is 8.28. The van der Waals surface area contributed by atoms with Gasteiger partial charge in [0.15, 0.2) is 5.11 Å². The molecule has 0 spiro atoms. The van der Waals surface area contributed by atoms with Crippen LogP contribution in [0.25, 0.3) is 21.5 Å². The van der Waals surface area contributed by atoms with Crippen molar-refractivity contribution in [2.75, 3.05) is 7.05 Å². The molecule has 11 heteroatoms. The average molecular weight is 400 g/mol. The number of nitrogens with zero attached hydrogens (tertiary/aromatic N) is 2. The maximum Gasteiger partial charge on any atom is 0.417 e. The van der Waals surface area contributed by atoms with Gasteiger partial charge in [0, 0.05) is 13.2 Å². The van der Waals surface area contributed by atoms with Crippen LogP contribution in [0.5, 0.6) is 0 Å². The van der Waals surface area contributed by atoms with Crippen molar-refractivity contribution in [3.8, 4) is 11.3 Å². The van der Waals surface area contributed by atoms with E-state index in [9.17, 15) is 18.0 Å². The lowest BCUT2D eigenvalue weighted by molar-refractivity contribution is -0.137. The first-order chi connectivity index (χ1) is 12.2. The van der Waals surface area contributed by atoms with Crippen molar-refractivity contribution in [2.24, 2.45) is 5.73 Å². The molecule has 0 atom stereocenters. The number of furan rings is 1. The molecule has 3 aromatic heterocycles. The number of aromatic nitrogens is 1. The first kappa shape index (κ1) is 18.1. The molecule has 0 aromatic carbocycles. The van der Waals surface area contributed by atoms with E-state index >= 15 is 0 Å². The van der Waals surface area contributed by atoms with Gasteiger partial charge >= 0.3 is 6.18 Å². The summed E-state index contributed by atoms with van der Waals surface area (Å²) in [5.74, 6) is -0.283. The summed E-state index contributed by atoms with van der Waals surface area (Å²) in [5, 5.41) is 1.05. The number of thiocarbonyl (C=S) groups is 1. The zero-order valence-corrected chi connectivity index (χ0v) is 14.8. The highest BCUT2D eigenvalue weighted by atomic mass is 32.1. The lowest BCUT2D eigenvalue weighted by Crippen LogP contribution is -2.45. The summed E-state index contributed by atoms with van der Waals surface area (Å²) in [4.78, 5) is 16.6. The molecule has 3 heterocycles. The Bertz CT molecular complexity index is 983. The van der Waals surface area contributed by atoms with Crippen LogP contribution in [-0.2, 0) is 6.18 Å². The number of hydrogen-bond donors (Lipinski definition) is 2. The number of hydrogen-bond acceptors (Lipinski definition) is 5. The Labute approximate surface area is 154 Å². The van der Waals surface area contributed by atoms with Crippen molar-refractivity contribution in [1.29, 1.82) is 0 Å². The van der Waals surface area contributed by atoms with E-state index in [1.807, 2.05) is 0 Å². The van der Waals surface area contributed by atoms with Crippen LogP contribution in [0.1, 0.15) is 15.2 Å². The molecular formula is C15H11F3N4O2S2. The van der Waals surface area contributed by atoms with Crippen LogP contribution in [0.15, 0.2) is 35.1 Å². The zero-order chi connectivity index (χ0) is 19.1. The highest BCUT2D eigenvalue weighted by molar-refractivity contribution is 7.80. The van der Waals surface area contributed by atoms with Crippen LogP contribution in [0.4, 0.5) is 13.2 Å². The van der Waals surface area contributed by atoms with Gasteiger partial charge < -0.3 is 10.2 Å². The molecule has 0 saturated carbocycles. The Kier molecular flexibility index (Phi) is 4.59. The molecule has 0 radical (unpaired) electrons. The zero-order valence-electron chi connectivity index (χ0n) is 13.1. The van der Waals surface area contributed by atoms with Crippen molar-refractivity contribution < 1.29 is 22.4 Å². The van der Waals surface area contributed by atoms with E-state index in [1.54, 1.807) is 12.1 Å². The molecule has 1 amide bonds. The summed E-state index contributed by atoms with van der Waals surface area (Å²) in [5.41, 5.74) is 7.52. The second-order valence-electron chi connectivity index (χ2n) is 5.19. The van der Waals surface area contributed by atoms with E-state index in [1.165, 1.54) is 13.3 Å². The van der Waals surface area contributed by atoms with E-state index in [4.69, 9.17) is 22.4 Å². The largest absolute Gasteiger partial charge is 0.464 e. The Morgan fingerprint density at radius 1 is 1.46 bits per heavy atom. The molecule has 0 unspecified atom stereocenters. The smallest absolute Gasteiger partial charge is 0.417 e. The highest BCUT2D eigenvalue weighted by Crippen LogP contribution is 2.40. The number of carbonyl (C=O) groups is 1. The lowest BCUT2D eigenvalue weighted by atomic mass is 10.1. The van der Waals surface area contributed by atoms with Gasteiger partial charge in [-0.05, 0) is 30.4 Å². The quantitative estimate of drug-likeness (QED) is 0.507. The van der Waals surface area contributed by atoms with Crippen LogP contribution in [0.2, 0.25) is 0 Å². The number of thiophene rings is 1. The van der Waals surface area contributed by atoms with Gasteiger partial charge in [0.25, 0.3) is 5.91 Å². The van der Waals surface area contributed by atoms with Crippen molar-refractivity contribution in [3.63, 3.8) is 0 Å². The average Bonchev–Trinajstić information content (AvgIpc) is 3.19. The topological polar surface area (TPSA) is 84.4 Å². The third kappa shape index (κ3) is 3.35. The van der Waals surface area contributed by atoms with Gasteiger partial charge in [-0.15, -0.1) is 11.3 Å². The van der Waals surface area contributed by atoms with Gasteiger partial charge in [-0.2, -0.15) is 13.2 Å². The number of pyridine rings is 1. The summed E-state index contributed by atoms with van der Waals surface area (Å²) in [7, 11) is 1.44. The molecule has 0 aliphatic heterocycles. The van der Waals surface area contributed by atoms with Gasteiger partial charge in [0.1, 0.15) is 10.6 Å². The maximum atomic E-state index is 12.9. The number of hydrazine groups is 1. The van der Waals surface area contributed by atoms with Gasteiger partial charge in [0.2, 0.25) is 0 Å². The van der Waals surface area contributed by atoms with Crippen molar-refractivity contribution in [2.45, 2.75) is 6.18 Å². The number of nitrogens with two attached hydrogens (primary N) is 1. The fraction of sp³-hybridized carbons (Fsp3) is 0.133. The normalized spacial score (nSPS) is 11.5. The predicted molar refractivity (Wildman–Crippen MR) is 94.3 cm³/mol. The van der Waals surface area contributed by atoms with E-state index in [-0.39, 0.29) is 20.2 Å². The standard InChI is InChI=1S/C15H11F3N4O2S2/c1-22(14(19)25)21-13(23)12-10(8-3-2-4-24-8)11-9(26-12)5-7(6-20-11)15(16,17)18/h2-6H,1H3,(H2,19,25)(H,21,23). The number of alkyl halides is 3. The number of fused-ring (bicyclic) bond motifs is 1. The maximum absolute atomic E-state index is 12.9. The summed E-state index contributed by atoms with van der Waals surface area (Å²) in [6.45, 7) is 0. The SMILES string of the molecule is CN(NC(=O)c1sc2cc(C(F)(F)F)cnc2c1-c1ccco1)C(N)=S. The molecule has 3 rings (SSSR count). The fourth-order valence-corrected chi connectivity index (χ4v) is 3.34. The third-order valence-corrected chi connectivity index (χ3v) is 4.83. The van der Waals surface area contributed by atoms with Crippen LogP contribution in [0.3, 0.4) is 0 Å². The second kappa shape index (κ2) is 6.57. The molecule has 6 nitrogen and oxygen atoms in total. The van der Waals surface area contributed by atoms with Gasteiger partial charge in [-0.1, -0.05) is 0 Å². The summed E-state index contributed by atoms with van der Waals surface area (Å²) in [6, 6.07) is 4.15. The van der Waals surface area contributed by atoms with Gasteiger partial charge in [-0.25, -0.2) is 0 Å². The molecule has 136 valence electrons. The van der Waals surface area contributed by atoms with E-state index in [0.29, 0.717) is 11.3 Å². The predicted octanol–water partition coefficient (Wildman–Crippen LogP) is 3.40. The van der Waals surface area contributed by atoms with Crippen LogP contribution >= 0.6 is 23.6 Å². The van der Waals surface area contributed by atoms with Crippen LogP contribution in [-0.4, -0.2) is 28.1 Å². The molecule has 3 aromatic rings. The molecule has 0 saturated heterocycles. The molecule has 0 aliphatic rings. The highest BCUT2D eigenvalue weighted by Gasteiger charge is 2.32. The van der Waals surface area contributed by atoms with Crippen LogP contribution < -0.4 is 11.2 Å².